The van der Waals surface area contributed by atoms with E-state index in [0.717, 1.165) is 6.42 Å². The molecule has 74 valence electrons. The average molecular weight is 189 g/mol. The first-order valence-electron chi connectivity index (χ1n) is 5.37. The number of anilines is 1. The normalized spacial score (nSPS) is 30.6. The summed E-state index contributed by atoms with van der Waals surface area (Å²) < 4.78 is 0. The van der Waals surface area contributed by atoms with Gasteiger partial charge in [0, 0.05) is 12.1 Å². The van der Waals surface area contributed by atoms with Crippen molar-refractivity contribution in [3.8, 4) is 0 Å². The van der Waals surface area contributed by atoms with Gasteiger partial charge in [-0.15, -0.1) is 0 Å². The molecule has 2 N–H and O–H groups in total. The maximum absolute atomic E-state index is 9.96. The number of hydrogen-bond donors (Lipinski definition) is 2. The van der Waals surface area contributed by atoms with Crippen molar-refractivity contribution in [2.75, 3.05) is 5.32 Å². The lowest BCUT2D eigenvalue weighted by Gasteiger charge is -2.31. The molecule has 3 rings (SSSR count). The Labute approximate surface area is 84.0 Å². The van der Waals surface area contributed by atoms with Gasteiger partial charge in [-0.1, -0.05) is 18.2 Å². The van der Waals surface area contributed by atoms with Crippen LogP contribution in [0.1, 0.15) is 18.4 Å². The Hall–Kier alpha value is -1.02. The van der Waals surface area contributed by atoms with E-state index in [1.54, 1.807) is 0 Å². The minimum Gasteiger partial charge on any atom is -0.391 e. The molecule has 1 heterocycles. The van der Waals surface area contributed by atoms with Gasteiger partial charge in [0.15, 0.2) is 0 Å². The van der Waals surface area contributed by atoms with Gasteiger partial charge in [-0.05, 0) is 30.4 Å². The highest BCUT2D eigenvalue weighted by Crippen LogP contribution is 2.39. The fourth-order valence-corrected chi connectivity index (χ4v) is 2.35. The van der Waals surface area contributed by atoms with Crippen molar-refractivity contribution in [2.45, 2.75) is 31.4 Å². The molecule has 0 saturated heterocycles. The molecule has 2 heteroatoms. The standard InChI is InChI=1S/C12H15NO/c14-11-7-9-3-1-2-4-10(9)13-12(11)8-5-6-8/h1-4,8,11-14H,5-7H2/t11-,12-/m1/s1. The van der Waals surface area contributed by atoms with Gasteiger partial charge in [-0.25, -0.2) is 0 Å². The highest BCUT2D eigenvalue weighted by Gasteiger charge is 2.38. The van der Waals surface area contributed by atoms with Gasteiger partial charge in [0.1, 0.15) is 0 Å². The molecule has 2 atom stereocenters. The van der Waals surface area contributed by atoms with Crippen LogP contribution in [0, 0.1) is 5.92 Å². The number of nitrogens with one attached hydrogen (secondary N) is 1. The lowest BCUT2D eigenvalue weighted by atomic mass is 9.93. The summed E-state index contributed by atoms with van der Waals surface area (Å²) in [7, 11) is 0. The molecule has 2 nitrogen and oxygen atoms in total. The minimum atomic E-state index is -0.197. The summed E-state index contributed by atoms with van der Waals surface area (Å²) in [6.45, 7) is 0. The van der Waals surface area contributed by atoms with Crippen molar-refractivity contribution in [3.63, 3.8) is 0 Å². The third-order valence-corrected chi connectivity index (χ3v) is 3.31. The summed E-state index contributed by atoms with van der Waals surface area (Å²) in [5.74, 6) is 0.707. The second kappa shape index (κ2) is 2.99. The first kappa shape index (κ1) is 8.30. The zero-order chi connectivity index (χ0) is 9.54. The van der Waals surface area contributed by atoms with Crippen molar-refractivity contribution in [1.82, 2.24) is 0 Å². The highest BCUT2D eigenvalue weighted by molar-refractivity contribution is 5.54. The van der Waals surface area contributed by atoms with Crippen LogP contribution in [0.3, 0.4) is 0 Å². The zero-order valence-corrected chi connectivity index (χ0v) is 8.11. The zero-order valence-electron chi connectivity index (χ0n) is 8.11. The van der Waals surface area contributed by atoms with E-state index in [1.165, 1.54) is 24.1 Å². The first-order valence-corrected chi connectivity index (χ1v) is 5.37. The molecule has 0 radical (unpaired) electrons. The summed E-state index contributed by atoms with van der Waals surface area (Å²) in [6, 6.07) is 8.58. The van der Waals surface area contributed by atoms with E-state index in [-0.39, 0.29) is 6.10 Å². The van der Waals surface area contributed by atoms with E-state index in [9.17, 15) is 5.11 Å². The van der Waals surface area contributed by atoms with Crippen molar-refractivity contribution in [3.05, 3.63) is 29.8 Å². The van der Waals surface area contributed by atoms with Crippen molar-refractivity contribution in [2.24, 2.45) is 5.92 Å². The van der Waals surface area contributed by atoms with Gasteiger partial charge < -0.3 is 10.4 Å². The monoisotopic (exact) mass is 189 g/mol. The third kappa shape index (κ3) is 1.30. The van der Waals surface area contributed by atoms with Crippen LogP contribution in [-0.4, -0.2) is 17.3 Å². The molecule has 1 saturated carbocycles. The maximum Gasteiger partial charge on any atom is 0.0784 e. The van der Waals surface area contributed by atoms with Gasteiger partial charge in [0.25, 0.3) is 0 Å². The smallest absolute Gasteiger partial charge is 0.0784 e. The number of aliphatic hydroxyl groups excluding tert-OH is 1. The Bertz CT molecular complexity index is 346. The summed E-state index contributed by atoms with van der Waals surface area (Å²) in [4.78, 5) is 0. The van der Waals surface area contributed by atoms with E-state index in [2.05, 4.69) is 17.4 Å². The topological polar surface area (TPSA) is 32.3 Å². The summed E-state index contributed by atoms with van der Waals surface area (Å²) >= 11 is 0. The molecular formula is C12H15NO. The van der Waals surface area contributed by atoms with Crippen molar-refractivity contribution in [1.29, 1.82) is 0 Å². The Morgan fingerprint density at radius 2 is 2.00 bits per heavy atom. The average Bonchev–Trinajstić information content (AvgIpc) is 3.00. The van der Waals surface area contributed by atoms with Crippen LogP contribution in [0.2, 0.25) is 0 Å². The lowest BCUT2D eigenvalue weighted by Crippen LogP contribution is -2.40. The lowest BCUT2D eigenvalue weighted by molar-refractivity contribution is 0.139. The van der Waals surface area contributed by atoms with E-state index in [4.69, 9.17) is 0 Å². The van der Waals surface area contributed by atoms with E-state index in [0.29, 0.717) is 12.0 Å². The van der Waals surface area contributed by atoms with Gasteiger partial charge in [-0.3, -0.25) is 0 Å². The number of aliphatic hydroxyl groups is 1. The van der Waals surface area contributed by atoms with E-state index in [1.807, 2.05) is 12.1 Å². The number of para-hydroxylation sites is 1. The second-order valence-corrected chi connectivity index (χ2v) is 4.44. The second-order valence-electron chi connectivity index (χ2n) is 4.44. The van der Waals surface area contributed by atoms with Crippen LogP contribution in [-0.2, 0) is 6.42 Å². The van der Waals surface area contributed by atoms with E-state index < -0.39 is 0 Å². The first-order chi connectivity index (χ1) is 6.84. The van der Waals surface area contributed by atoms with Gasteiger partial charge in [0.2, 0.25) is 0 Å². The predicted octanol–water partition coefficient (Wildman–Crippen LogP) is 1.79. The van der Waals surface area contributed by atoms with Crippen LogP contribution >= 0.6 is 0 Å². The molecule has 0 spiro atoms. The Morgan fingerprint density at radius 3 is 2.79 bits per heavy atom. The molecule has 14 heavy (non-hydrogen) atoms. The summed E-state index contributed by atoms with van der Waals surface area (Å²) in [5, 5.41) is 13.4. The highest BCUT2D eigenvalue weighted by atomic mass is 16.3. The Morgan fingerprint density at radius 1 is 1.21 bits per heavy atom. The molecule has 0 amide bonds. The largest absolute Gasteiger partial charge is 0.391 e. The number of benzene rings is 1. The molecule has 1 aromatic carbocycles. The number of rotatable bonds is 1. The summed E-state index contributed by atoms with van der Waals surface area (Å²) in [6.07, 6.45) is 3.16. The number of hydrogen-bond acceptors (Lipinski definition) is 2. The Kier molecular flexibility index (Phi) is 1.77. The van der Waals surface area contributed by atoms with Gasteiger partial charge in [0.05, 0.1) is 12.1 Å². The molecule has 2 aliphatic rings. The van der Waals surface area contributed by atoms with Crippen LogP contribution in [0.5, 0.6) is 0 Å². The fourth-order valence-electron chi connectivity index (χ4n) is 2.35. The van der Waals surface area contributed by atoms with Gasteiger partial charge in [-0.2, -0.15) is 0 Å². The maximum atomic E-state index is 9.96. The summed E-state index contributed by atoms with van der Waals surface area (Å²) in [5.41, 5.74) is 2.46. The van der Waals surface area contributed by atoms with Crippen LogP contribution in [0.15, 0.2) is 24.3 Å². The molecule has 0 bridgehead atoms. The van der Waals surface area contributed by atoms with Gasteiger partial charge >= 0.3 is 0 Å². The van der Waals surface area contributed by atoms with E-state index >= 15 is 0 Å². The van der Waals surface area contributed by atoms with Crippen LogP contribution in [0.4, 0.5) is 5.69 Å². The van der Waals surface area contributed by atoms with Crippen molar-refractivity contribution < 1.29 is 5.11 Å². The number of fused-ring (bicyclic) bond motifs is 1. The van der Waals surface area contributed by atoms with Crippen LogP contribution in [0.25, 0.3) is 0 Å². The molecule has 1 aliphatic heterocycles. The molecule has 1 fully saturated rings. The third-order valence-electron chi connectivity index (χ3n) is 3.31. The molecule has 1 aromatic rings. The van der Waals surface area contributed by atoms with Crippen LogP contribution < -0.4 is 5.32 Å². The quantitative estimate of drug-likeness (QED) is 0.706. The predicted molar refractivity (Wildman–Crippen MR) is 56.3 cm³/mol. The fraction of sp³-hybridized carbons (Fsp3) is 0.500. The molecule has 0 aromatic heterocycles. The van der Waals surface area contributed by atoms with Crippen molar-refractivity contribution >= 4 is 5.69 Å². The molecule has 1 aliphatic carbocycles. The minimum absolute atomic E-state index is 0.197. The SMILES string of the molecule is O[C@@H]1Cc2ccccc2N[C@@H]1C1CC1. The molecular weight excluding hydrogens is 174 g/mol. The Balaban J connectivity index is 1.90. The molecule has 0 unspecified atom stereocenters.